The van der Waals surface area contributed by atoms with Crippen molar-refractivity contribution in [1.82, 2.24) is 14.5 Å². The van der Waals surface area contributed by atoms with Crippen LogP contribution in [0.15, 0.2) is 23.3 Å². The second kappa shape index (κ2) is 5.09. The van der Waals surface area contributed by atoms with Gasteiger partial charge in [0.15, 0.2) is 0 Å². The maximum Gasteiger partial charge on any atom is 0.356 e. The van der Waals surface area contributed by atoms with Gasteiger partial charge in [0.2, 0.25) is 5.95 Å². The minimum Gasteiger partial charge on any atom is -0.399 e. The zero-order valence-corrected chi connectivity index (χ0v) is 11.3. The number of rotatable bonds is 3. The molecule has 0 aliphatic rings. The van der Waals surface area contributed by atoms with Crippen molar-refractivity contribution in [3.8, 4) is 5.69 Å². The van der Waals surface area contributed by atoms with Crippen LogP contribution in [0.5, 0.6) is 0 Å². The van der Waals surface area contributed by atoms with E-state index in [-0.39, 0.29) is 5.69 Å². The molecule has 2 aromatic rings. The quantitative estimate of drug-likeness (QED) is 0.807. The lowest BCUT2D eigenvalue weighted by atomic mass is 10.0. The summed E-state index contributed by atoms with van der Waals surface area (Å²) < 4.78 is 1.45. The molecule has 6 nitrogen and oxygen atoms in total. The molecule has 19 heavy (non-hydrogen) atoms. The van der Waals surface area contributed by atoms with Crippen molar-refractivity contribution in [2.75, 3.05) is 18.1 Å². The Hall–Kier alpha value is -2.37. The maximum absolute atomic E-state index is 12.0. The van der Waals surface area contributed by atoms with Crippen molar-refractivity contribution in [1.29, 1.82) is 0 Å². The van der Waals surface area contributed by atoms with Crippen LogP contribution in [0.2, 0.25) is 0 Å². The van der Waals surface area contributed by atoms with E-state index < -0.39 is 0 Å². The Morgan fingerprint density at radius 2 is 2.16 bits per heavy atom. The molecular weight excluding hydrogens is 242 g/mol. The second-order valence-corrected chi connectivity index (χ2v) is 4.28. The van der Waals surface area contributed by atoms with Crippen LogP contribution in [-0.4, -0.2) is 21.6 Å². The van der Waals surface area contributed by atoms with E-state index in [2.05, 4.69) is 15.3 Å². The molecule has 0 aliphatic carbocycles. The van der Waals surface area contributed by atoms with Crippen LogP contribution in [0.3, 0.4) is 0 Å². The fraction of sp³-hybridized carbons (Fsp3) is 0.308. The summed E-state index contributed by atoms with van der Waals surface area (Å²) in [5.41, 5.74) is 8.91. The standard InChI is InChI=1S/C13H17N5O/c1-4-9-6-10(14)5-8(2)11(9)18-7-16-12(15-3)17-13(18)19/h5-7H,4,14H2,1-3H3,(H,15,17,19). The van der Waals surface area contributed by atoms with E-state index in [1.54, 1.807) is 7.05 Å². The van der Waals surface area contributed by atoms with Gasteiger partial charge in [-0.3, -0.25) is 4.57 Å². The molecule has 0 saturated carbocycles. The Bertz CT molecular complexity index is 663. The molecule has 0 spiro atoms. The van der Waals surface area contributed by atoms with E-state index in [9.17, 15) is 4.79 Å². The average molecular weight is 259 g/mol. The second-order valence-electron chi connectivity index (χ2n) is 4.28. The van der Waals surface area contributed by atoms with Crippen LogP contribution in [0.1, 0.15) is 18.1 Å². The van der Waals surface area contributed by atoms with Crippen molar-refractivity contribution in [2.45, 2.75) is 20.3 Å². The number of aromatic nitrogens is 3. The molecule has 0 fully saturated rings. The number of nitrogen functional groups attached to an aromatic ring is 1. The number of anilines is 2. The molecule has 2 rings (SSSR count). The van der Waals surface area contributed by atoms with Gasteiger partial charge in [0.05, 0.1) is 5.69 Å². The monoisotopic (exact) mass is 259 g/mol. The van der Waals surface area contributed by atoms with Gasteiger partial charge in [0.1, 0.15) is 6.33 Å². The number of aryl methyl sites for hydroxylation is 2. The molecule has 0 aliphatic heterocycles. The fourth-order valence-electron chi connectivity index (χ4n) is 2.11. The highest BCUT2D eigenvalue weighted by Crippen LogP contribution is 2.22. The minimum absolute atomic E-state index is 0.312. The van der Waals surface area contributed by atoms with E-state index in [1.807, 2.05) is 26.0 Å². The SMILES string of the molecule is CCc1cc(N)cc(C)c1-n1cnc(NC)nc1=O. The third-order valence-corrected chi connectivity index (χ3v) is 2.95. The smallest absolute Gasteiger partial charge is 0.356 e. The third kappa shape index (κ3) is 2.42. The van der Waals surface area contributed by atoms with Crippen molar-refractivity contribution in [2.24, 2.45) is 0 Å². The predicted octanol–water partition coefficient (Wildman–Crippen LogP) is 1.12. The number of hydrogen-bond acceptors (Lipinski definition) is 5. The molecule has 0 saturated heterocycles. The lowest BCUT2D eigenvalue weighted by Gasteiger charge is -2.14. The lowest BCUT2D eigenvalue weighted by molar-refractivity contribution is 0.844. The number of nitrogens with two attached hydrogens (primary N) is 1. The average Bonchev–Trinajstić information content (AvgIpc) is 2.38. The maximum atomic E-state index is 12.0. The molecule has 3 N–H and O–H groups in total. The first-order valence-corrected chi connectivity index (χ1v) is 6.09. The summed E-state index contributed by atoms with van der Waals surface area (Å²) in [6, 6.07) is 3.72. The van der Waals surface area contributed by atoms with Crippen LogP contribution < -0.4 is 16.7 Å². The summed E-state index contributed by atoms with van der Waals surface area (Å²) in [6.07, 6.45) is 2.26. The van der Waals surface area contributed by atoms with Crippen LogP contribution >= 0.6 is 0 Å². The van der Waals surface area contributed by atoms with Gasteiger partial charge in [-0.15, -0.1) is 0 Å². The largest absolute Gasteiger partial charge is 0.399 e. The molecule has 100 valence electrons. The molecule has 1 aromatic heterocycles. The van der Waals surface area contributed by atoms with Crippen LogP contribution in [0.4, 0.5) is 11.6 Å². The number of benzene rings is 1. The van der Waals surface area contributed by atoms with Gasteiger partial charge in [-0.2, -0.15) is 4.98 Å². The molecule has 6 heteroatoms. The van der Waals surface area contributed by atoms with Gasteiger partial charge in [-0.05, 0) is 36.6 Å². The first-order chi connectivity index (χ1) is 9.06. The minimum atomic E-state index is -0.359. The lowest BCUT2D eigenvalue weighted by Crippen LogP contribution is -2.24. The summed E-state index contributed by atoms with van der Waals surface area (Å²) in [7, 11) is 1.67. The summed E-state index contributed by atoms with van der Waals surface area (Å²) in [4.78, 5) is 20.0. The van der Waals surface area contributed by atoms with Gasteiger partial charge in [0, 0.05) is 12.7 Å². The number of hydrogen-bond donors (Lipinski definition) is 2. The number of nitrogens with zero attached hydrogens (tertiary/aromatic N) is 3. The van der Waals surface area contributed by atoms with Crippen LogP contribution in [0.25, 0.3) is 5.69 Å². The Morgan fingerprint density at radius 3 is 2.74 bits per heavy atom. The zero-order chi connectivity index (χ0) is 14.0. The normalized spacial score (nSPS) is 10.5. The molecule has 0 unspecified atom stereocenters. The molecule has 0 radical (unpaired) electrons. The van der Waals surface area contributed by atoms with Crippen molar-refractivity contribution in [3.05, 3.63) is 40.1 Å². The predicted molar refractivity (Wildman–Crippen MR) is 75.7 cm³/mol. The van der Waals surface area contributed by atoms with Crippen molar-refractivity contribution >= 4 is 11.6 Å². The van der Waals surface area contributed by atoms with Gasteiger partial charge >= 0.3 is 5.69 Å². The van der Waals surface area contributed by atoms with E-state index >= 15 is 0 Å². The topological polar surface area (TPSA) is 85.8 Å². The van der Waals surface area contributed by atoms with Crippen molar-refractivity contribution < 1.29 is 0 Å². The molecular formula is C13H17N5O. The van der Waals surface area contributed by atoms with E-state index in [1.165, 1.54) is 10.9 Å². The molecule has 0 bridgehead atoms. The molecule has 0 atom stereocenters. The molecule has 1 heterocycles. The first-order valence-electron chi connectivity index (χ1n) is 6.09. The van der Waals surface area contributed by atoms with E-state index in [0.717, 1.165) is 23.2 Å². The molecule has 1 aromatic carbocycles. The summed E-state index contributed by atoms with van der Waals surface area (Å²) >= 11 is 0. The molecule has 0 amide bonds. The third-order valence-electron chi connectivity index (χ3n) is 2.95. The number of nitrogens with one attached hydrogen (secondary N) is 1. The Morgan fingerprint density at radius 1 is 1.42 bits per heavy atom. The fourth-order valence-corrected chi connectivity index (χ4v) is 2.11. The Balaban J connectivity index is 2.68. The van der Waals surface area contributed by atoms with Gasteiger partial charge < -0.3 is 11.1 Å². The van der Waals surface area contributed by atoms with Gasteiger partial charge in [0.25, 0.3) is 0 Å². The van der Waals surface area contributed by atoms with E-state index in [0.29, 0.717) is 11.6 Å². The highest BCUT2D eigenvalue weighted by Gasteiger charge is 2.11. The van der Waals surface area contributed by atoms with Gasteiger partial charge in [-0.25, -0.2) is 9.78 Å². The Labute approximate surface area is 111 Å². The van der Waals surface area contributed by atoms with E-state index in [4.69, 9.17) is 5.73 Å². The van der Waals surface area contributed by atoms with Crippen LogP contribution in [-0.2, 0) is 6.42 Å². The van der Waals surface area contributed by atoms with Crippen molar-refractivity contribution in [3.63, 3.8) is 0 Å². The highest BCUT2D eigenvalue weighted by molar-refractivity contribution is 5.56. The summed E-state index contributed by atoms with van der Waals surface area (Å²) in [5.74, 6) is 0.312. The Kier molecular flexibility index (Phi) is 3.50. The zero-order valence-electron chi connectivity index (χ0n) is 11.3. The highest BCUT2D eigenvalue weighted by atomic mass is 16.1. The summed E-state index contributed by atoms with van der Waals surface area (Å²) in [5, 5.41) is 2.74. The summed E-state index contributed by atoms with van der Waals surface area (Å²) in [6.45, 7) is 3.94. The van der Waals surface area contributed by atoms with Gasteiger partial charge in [-0.1, -0.05) is 6.92 Å². The first kappa shape index (κ1) is 13.1. The van der Waals surface area contributed by atoms with Crippen LogP contribution in [0, 0.1) is 6.92 Å².